The molecule has 0 bridgehead atoms. The van der Waals surface area contributed by atoms with Crippen LogP contribution in [0, 0.1) is 0 Å². The van der Waals surface area contributed by atoms with E-state index in [1.165, 1.54) is 0 Å². The monoisotopic (exact) mass is 330 g/mol. The molecule has 0 fully saturated rings. The van der Waals surface area contributed by atoms with Crippen molar-refractivity contribution in [2.45, 2.75) is 0 Å². The molecule has 0 aromatic rings. The Labute approximate surface area is 57.2 Å². The molecule has 0 atom stereocenters. The van der Waals surface area contributed by atoms with Crippen molar-refractivity contribution in [3.8, 4) is 0 Å². The molecule has 0 aromatic heterocycles. The van der Waals surface area contributed by atoms with Crippen molar-refractivity contribution in [1.29, 1.82) is 0 Å². The van der Waals surface area contributed by atoms with Crippen LogP contribution in [0.1, 0.15) is 0 Å². The van der Waals surface area contributed by atoms with Crippen LogP contribution in [-0.4, -0.2) is 27.3 Å². The normalized spacial score (nSPS) is 3.50. The molecule has 0 aliphatic carbocycles. The smallest absolute Gasteiger partial charge is 2.00 e. The molecule has 2 nitrogen and oxygen atoms in total. The molecule has 0 saturated carbocycles. The molecule has 0 aromatic carbocycles. The van der Waals surface area contributed by atoms with Crippen LogP contribution in [0.15, 0.2) is 0 Å². The van der Waals surface area contributed by atoms with Gasteiger partial charge in [0.2, 0.25) is 0 Å². The van der Waals surface area contributed by atoms with Gasteiger partial charge in [0.05, 0.1) is 0 Å². The van der Waals surface area contributed by atoms with Gasteiger partial charge in [-0.15, -0.1) is 0 Å². The first kappa shape index (κ1) is 9.21. The summed E-state index contributed by atoms with van der Waals surface area (Å²) in [5, 5.41) is 0. The Balaban J connectivity index is 0. The van der Waals surface area contributed by atoms with E-state index in [4.69, 9.17) is 6.37 Å². The first-order valence-corrected chi connectivity index (χ1v) is 2.42. The van der Waals surface area contributed by atoms with Gasteiger partial charge < -0.3 is 0 Å². The summed E-state index contributed by atoms with van der Waals surface area (Å²) in [5.74, 6) is 0. The van der Waals surface area contributed by atoms with Crippen LogP contribution in [0.4, 0.5) is 0 Å². The van der Waals surface area contributed by atoms with Gasteiger partial charge in [-0.3, -0.25) is 0 Å². The molecule has 20 valence electrons. The third-order valence-electron chi connectivity index (χ3n) is 0. The zero-order valence-corrected chi connectivity index (χ0v) is 8.16. The zero-order valence-electron chi connectivity index (χ0n) is 1.82. The summed E-state index contributed by atoms with van der Waals surface area (Å²) in [6.07, 6.45) is 0. The van der Waals surface area contributed by atoms with Crippen LogP contribution in [0.25, 0.3) is 0 Å². The third kappa shape index (κ3) is 9.30. The Bertz CT molecular complexity index is 6.00. The van der Waals surface area contributed by atoms with Gasteiger partial charge in [0, 0.05) is 0 Å². The Kier molecular flexibility index (Phi) is 20.3. The molecule has 0 amide bonds. The molecule has 4 heavy (non-hydrogen) atoms. The first-order chi connectivity index (χ1) is 1.41. The second kappa shape index (κ2) is 8.83. The van der Waals surface area contributed by atoms with Gasteiger partial charge in [0.15, 0.2) is 0 Å². The summed E-state index contributed by atoms with van der Waals surface area (Å²) >= 11 is -2.27. The van der Waals surface area contributed by atoms with E-state index in [2.05, 4.69) is 0 Å². The summed E-state index contributed by atoms with van der Waals surface area (Å²) in [6.45, 7) is 0. The van der Waals surface area contributed by atoms with Gasteiger partial charge in [-0.1, -0.05) is 0 Å². The van der Waals surface area contributed by atoms with Crippen molar-refractivity contribution < 1.29 is 30.5 Å². The second-order valence-electron chi connectivity index (χ2n) is 0.0833. The minimum atomic E-state index is -2.27. The summed E-state index contributed by atoms with van der Waals surface area (Å²) in [6, 6.07) is 0. The summed E-state index contributed by atoms with van der Waals surface area (Å²) in [5.41, 5.74) is 0. The summed E-state index contributed by atoms with van der Waals surface area (Å²) in [7, 11) is 0. The molecule has 0 rings (SSSR count). The molecule has 0 aliphatic rings. The van der Waals surface area contributed by atoms with Crippen LogP contribution < -0.4 is 6.37 Å². The van der Waals surface area contributed by atoms with E-state index in [1.807, 2.05) is 0 Å². The number of hydrogen-bond acceptors (Lipinski definition) is 2. The zero-order chi connectivity index (χ0) is 2.71. The standard InChI is InChI=1S/2O.Pb.Zr/q2*-1;+2;. The van der Waals surface area contributed by atoms with E-state index in [0.29, 0.717) is 0 Å². The number of rotatable bonds is 0. The van der Waals surface area contributed by atoms with Crippen molar-refractivity contribution in [1.82, 2.24) is 0 Å². The van der Waals surface area contributed by atoms with Crippen molar-refractivity contribution in [2.24, 2.45) is 0 Å². The van der Waals surface area contributed by atoms with E-state index in [-0.39, 0.29) is 27.3 Å². The van der Waals surface area contributed by atoms with Crippen molar-refractivity contribution in [2.75, 3.05) is 0 Å². The van der Waals surface area contributed by atoms with Gasteiger partial charge in [0.25, 0.3) is 0 Å². The predicted molar refractivity (Wildman–Crippen MR) is 5.75 cm³/mol. The Hall–Kier alpha value is 1.73. The maximum absolute atomic E-state index is 8.54. The van der Waals surface area contributed by atoms with Gasteiger partial charge >= 0.3 is 57.8 Å². The van der Waals surface area contributed by atoms with Gasteiger partial charge in [-0.2, -0.15) is 0 Å². The summed E-state index contributed by atoms with van der Waals surface area (Å²) in [4.78, 5) is 0. The van der Waals surface area contributed by atoms with Crippen LogP contribution in [0.5, 0.6) is 0 Å². The fourth-order valence-corrected chi connectivity index (χ4v) is 0. The molecular formula is O2PbZr. The Morgan fingerprint density at radius 3 is 1.25 bits per heavy atom. The van der Waals surface area contributed by atoms with Crippen LogP contribution in [0.2, 0.25) is 0 Å². The van der Waals surface area contributed by atoms with Crippen molar-refractivity contribution in [3.63, 3.8) is 0 Å². The van der Waals surface area contributed by atoms with Crippen LogP contribution in [-0.2, 0) is 24.1 Å². The second-order valence-corrected chi connectivity index (χ2v) is 0.493. The Morgan fingerprint density at radius 2 is 1.25 bits per heavy atom. The largest absolute Gasteiger partial charge is 2.00 e. The fraction of sp³-hybridized carbons (Fsp3) is 0. The predicted octanol–water partition coefficient (Wildman–Crippen LogP) is -2.76. The van der Waals surface area contributed by atoms with Crippen molar-refractivity contribution in [3.05, 3.63) is 0 Å². The molecule has 0 unspecified atom stereocenters. The molecular weight excluding hydrogens is 330 g/mol. The van der Waals surface area contributed by atoms with E-state index < -0.39 is 24.1 Å². The molecule has 2 radical (unpaired) electrons. The van der Waals surface area contributed by atoms with E-state index >= 15 is 0 Å². The molecule has 0 heterocycles. The maximum atomic E-state index is 8.54. The SMILES string of the molecule is [O-][Zr][O-].[Pb+2]. The minimum Gasteiger partial charge on any atom is 2.00 e. The van der Waals surface area contributed by atoms with Gasteiger partial charge in [-0.25, -0.2) is 0 Å². The van der Waals surface area contributed by atoms with Crippen LogP contribution >= 0.6 is 0 Å². The van der Waals surface area contributed by atoms with Gasteiger partial charge in [0.1, 0.15) is 0 Å². The quantitative estimate of drug-likeness (QED) is 0.452. The van der Waals surface area contributed by atoms with E-state index in [9.17, 15) is 0 Å². The minimum absolute atomic E-state index is 0. The summed E-state index contributed by atoms with van der Waals surface area (Å²) < 4.78 is 17.1. The molecule has 0 N–H and O–H groups in total. The third-order valence-corrected chi connectivity index (χ3v) is 0. The van der Waals surface area contributed by atoms with E-state index in [1.54, 1.807) is 0 Å². The molecule has 0 aliphatic heterocycles. The Morgan fingerprint density at radius 1 is 1.25 bits per heavy atom. The average Bonchev–Trinajstić information content (AvgIpc) is 0.918. The van der Waals surface area contributed by atoms with Crippen molar-refractivity contribution >= 4 is 27.3 Å². The van der Waals surface area contributed by atoms with Crippen LogP contribution in [0.3, 0.4) is 0 Å². The fourth-order valence-electron chi connectivity index (χ4n) is 0. The molecule has 0 spiro atoms. The average molecular weight is 330 g/mol. The topological polar surface area (TPSA) is 46.1 Å². The molecule has 4 heteroatoms. The number of hydrogen-bond donors (Lipinski definition) is 0. The maximum Gasteiger partial charge on any atom is 2.00 e. The molecule has 0 saturated heterocycles. The van der Waals surface area contributed by atoms with Gasteiger partial charge in [-0.05, 0) is 0 Å². The van der Waals surface area contributed by atoms with E-state index in [0.717, 1.165) is 0 Å². The first-order valence-electron chi connectivity index (χ1n) is 0.408.